The number of fused-ring (bicyclic) bond motifs is 3. The summed E-state index contributed by atoms with van der Waals surface area (Å²) in [6, 6.07) is 3.48. The molecule has 0 saturated heterocycles. The third-order valence-corrected chi connectivity index (χ3v) is 5.24. The van der Waals surface area contributed by atoms with E-state index < -0.39 is 5.97 Å². The van der Waals surface area contributed by atoms with Gasteiger partial charge in [-0.3, -0.25) is 4.79 Å². The average Bonchev–Trinajstić information content (AvgIpc) is 2.51. The van der Waals surface area contributed by atoms with Crippen LogP contribution in [-0.4, -0.2) is 33.5 Å². The van der Waals surface area contributed by atoms with Crippen LogP contribution in [0, 0.1) is 5.92 Å². The molecule has 0 fully saturated rings. The first kappa shape index (κ1) is 16.8. The Labute approximate surface area is 141 Å². The Kier molecular flexibility index (Phi) is 4.30. The molecule has 0 aromatic heterocycles. The molecule has 5 heteroatoms. The molecule has 1 aliphatic heterocycles. The number of aromatic hydroxyl groups is 1. The zero-order valence-electron chi connectivity index (χ0n) is 14.1. The number of aliphatic hydroxyl groups is 1. The molecule has 0 saturated carbocycles. The molecule has 1 heterocycles. The second-order valence-electron chi connectivity index (χ2n) is 7.28. The minimum Gasteiger partial charge on any atom is -0.507 e. The van der Waals surface area contributed by atoms with Crippen LogP contribution in [0.15, 0.2) is 23.8 Å². The highest BCUT2D eigenvalue weighted by Gasteiger charge is 2.45. The van der Waals surface area contributed by atoms with E-state index in [-0.39, 0.29) is 36.2 Å². The zero-order valence-corrected chi connectivity index (χ0v) is 14.1. The minimum absolute atomic E-state index is 0.00757. The quantitative estimate of drug-likeness (QED) is 0.738. The molecule has 3 rings (SSSR count). The van der Waals surface area contributed by atoms with Crippen LogP contribution in [0.5, 0.6) is 11.5 Å². The number of allylic oxidation sites excluding steroid dienone is 1. The van der Waals surface area contributed by atoms with Crippen LogP contribution in [0.1, 0.15) is 50.2 Å². The number of hydrogen-bond acceptors (Lipinski definition) is 4. The van der Waals surface area contributed by atoms with Gasteiger partial charge in [0.2, 0.25) is 0 Å². The van der Waals surface area contributed by atoms with Crippen LogP contribution in [0.3, 0.4) is 0 Å². The number of carboxylic acid groups (broad SMARTS) is 1. The Bertz CT molecular complexity index is 689. The van der Waals surface area contributed by atoms with Crippen molar-refractivity contribution in [1.29, 1.82) is 0 Å². The maximum Gasteiger partial charge on any atom is 0.303 e. The Morgan fingerprint density at radius 3 is 2.79 bits per heavy atom. The number of rotatable bonds is 4. The second kappa shape index (κ2) is 6.13. The molecule has 130 valence electrons. The number of phenolic OH excluding ortho intramolecular Hbond substituents is 1. The molecule has 24 heavy (non-hydrogen) atoms. The summed E-state index contributed by atoms with van der Waals surface area (Å²) in [4.78, 5) is 10.8. The van der Waals surface area contributed by atoms with Gasteiger partial charge in [-0.25, -0.2) is 0 Å². The molecule has 1 aliphatic carbocycles. The first-order valence-electron chi connectivity index (χ1n) is 8.39. The minimum atomic E-state index is -0.865. The maximum atomic E-state index is 10.8. The van der Waals surface area contributed by atoms with Crippen LogP contribution in [0.2, 0.25) is 0 Å². The summed E-state index contributed by atoms with van der Waals surface area (Å²) < 4.78 is 6.19. The molecule has 0 radical (unpaired) electrons. The summed E-state index contributed by atoms with van der Waals surface area (Å²) in [5.41, 5.74) is 2.12. The Balaban J connectivity index is 2.04. The van der Waals surface area contributed by atoms with Crippen molar-refractivity contribution >= 4 is 5.97 Å². The molecule has 5 nitrogen and oxygen atoms in total. The standard InChI is InChI=1S/C19H24O5/c1-19(2)14-5-3-12(10-20)7-13(14)18-15(21)8-11(4-6-17(22)23)9-16(18)24-19/h7-9,13-14,20-21H,3-6,10H2,1-2H3,(H,22,23). The molecular formula is C19H24O5. The van der Waals surface area contributed by atoms with Gasteiger partial charge in [-0.15, -0.1) is 0 Å². The van der Waals surface area contributed by atoms with E-state index in [1.807, 2.05) is 19.9 Å². The highest BCUT2D eigenvalue weighted by atomic mass is 16.5. The molecule has 0 bridgehead atoms. The zero-order chi connectivity index (χ0) is 17.5. The number of carbonyl (C=O) groups is 1. The molecule has 3 N–H and O–H groups in total. The highest BCUT2D eigenvalue weighted by molar-refractivity contribution is 5.67. The summed E-state index contributed by atoms with van der Waals surface area (Å²) in [6.45, 7) is 4.13. The lowest BCUT2D eigenvalue weighted by Gasteiger charge is -2.46. The van der Waals surface area contributed by atoms with Crippen LogP contribution >= 0.6 is 0 Å². The average molecular weight is 332 g/mol. The largest absolute Gasteiger partial charge is 0.507 e. The summed E-state index contributed by atoms with van der Waals surface area (Å²) in [5.74, 6) is 0.145. The van der Waals surface area contributed by atoms with E-state index in [1.54, 1.807) is 6.07 Å². The Morgan fingerprint density at radius 1 is 1.38 bits per heavy atom. The highest BCUT2D eigenvalue weighted by Crippen LogP contribution is 2.53. The van der Waals surface area contributed by atoms with E-state index in [4.69, 9.17) is 9.84 Å². The number of carboxylic acids is 1. The lowest BCUT2D eigenvalue weighted by molar-refractivity contribution is -0.136. The lowest BCUT2D eigenvalue weighted by Crippen LogP contribution is -2.45. The van der Waals surface area contributed by atoms with Crippen molar-refractivity contribution in [3.05, 3.63) is 34.9 Å². The molecule has 1 aromatic carbocycles. The predicted molar refractivity (Wildman–Crippen MR) is 89.4 cm³/mol. The number of ether oxygens (including phenoxy) is 1. The molecule has 0 amide bonds. The van der Waals surface area contributed by atoms with Gasteiger partial charge in [0, 0.05) is 23.8 Å². The van der Waals surface area contributed by atoms with Crippen molar-refractivity contribution in [2.75, 3.05) is 6.61 Å². The van der Waals surface area contributed by atoms with Gasteiger partial charge in [0.15, 0.2) is 0 Å². The lowest BCUT2D eigenvalue weighted by atomic mass is 9.68. The summed E-state index contributed by atoms with van der Waals surface area (Å²) in [7, 11) is 0. The number of hydrogen-bond donors (Lipinski definition) is 3. The molecule has 0 spiro atoms. The Hall–Kier alpha value is -2.01. The normalized spacial score (nSPS) is 24.4. The maximum absolute atomic E-state index is 10.8. The molecule has 2 aliphatic rings. The molecule has 1 aromatic rings. The van der Waals surface area contributed by atoms with Crippen molar-refractivity contribution in [2.24, 2.45) is 5.92 Å². The second-order valence-corrected chi connectivity index (χ2v) is 7.28. The number of benzene rings is 1. The van der Waals surface area contributed by atoms with E-state index in [0.717, 1.165) is 29.5 Å². The molecule has 2 unspecified atom stereocenters. The molecular weight excluding hydrogens is 308 g/mol. The van der Waals surface area contributed by atoms with Crippen molar-refractivity contribution in [1.82, 2.24) is 0 Å². The number of aryl methyl sites for hydroxylation is 1. The third kappa shape index (κ3) is 3.00. The topological polar surface area (TPSA) is 87.0 Å². The molecule has 2 atom stereocenters. The van der Waals surface area contributed by atoms with E-state index in [0.29, 0.717) is 12.2 Å². The van der Waals surface area contributed by atoms with Crippen molar-refractivity contribution < 1.29 is 24.9 Å². The van der Waals surface area contributed by atoms with Gasteiger partial charge in [-0.1, -0.05) is 6.08 Å². The van der Waals surface area contributed by atoms with Crippen LogP contribution < -0.4 is 4.74 Å². The number of aliphatic carboxylic acids is 1. The first-order valence-corrected chi connectivity index (χ1v) is 8.39. The summed E-state index contributed by atoms with van der Waals surface area (Å²) in [5, 5.41) is 28.9. The van der Waals surface area contributed by atoms with Crippen LogP contribution in [0.4, 0.5) is 0 Å². The van der Waals surface area contributed by atoms with Gasteiger partial charge in [0.1, 0.15) is 17.1 Å². The Morgan fingerprint density at radius 2 is 2.12 bits per heavy atom. The van der Waals surface area contributed by atoms with Crippen LogP contribution in [-0.2, 0) is 11.2 Å². The fourth-order valence-corrected chi connectivity index (χ4v) is 4.01. The van der Waals surface area contributed by atoms with Crippen molar-refractivity contribution in [3.63, 3.8) is 0 Å². The van der Waals surface area contributed by atoms with Crippen molar-refractivity contribution in [2.45, 2.75) is 51.0 Å². The summed E-state index contributed by atoms with van der Waals surface area (Å²) in [6.07, 6.45) is 4.18. The van der Waals surface area contributed by atoms with Crippen LogP contribution in [0.25, 0.3) is 0 Å². The first-order chi connectivity index (χ1) is 11.3. The van der Waals surface area contributed by atoms with Gasteiger partial charge in [0.05, 0.1) is 6.61 Å². The van der Waals surface area contributed by atoms with Gasteiger partial charge in [-0.05, 0) is 56.4 Å². The monoisotopic (exact) mass is 332 g/mol. The van der Waals surface area contributed by atoms with Gasteiger partial charge >= 0.3 is 5.97 Å². The van der Waals surface area contributed by atoms with E-state index in [9.17, 15) is 15.0 Å². The fourth-order valence-electron chi connectivity index (χ4n) is 4.01. The van der Waals surface area contributed by atoms with Gasteiger partial charge in [0.25, 0.3) is 0 Å². The van der Waals surface area contributed by atoms with E-state index >= 15 is 0 Å². The van der Waals surface area contributed by atoms with E-state index in [1.165, 1.54) is 0 Å². The fraction of sp³-hybridized carbons (Fsp3) is 0.526. The third-order valence-electron chi connectivity index (χ3n) is 5.24. The van der Waals surface area contributed by atoms with Crippen molar-refractivity contribution in [3.8, 4) is 11.5 Å². The van der Waals surface area contributed by atoms with Gasteiger partial charge in [-0.2, -0.15) is 0 Å². The number of phenols is 1. The number of aliphatic hydroxyl groups excluding tert-OH is 1. The van der Waals surface area contributed by atoms with Gasteiger partial charge < -0.3 is 20.1 Å². The predicted octanol–water partition coefficient (Wildman–Crippen LogP) is 2.99. The smallest absolute Gasteiger partial charge is 0.303 e. The van der Waals surface area contributed by atoms with E-state index in [2.05, 4.69) is 6.08 Å². The SMILES string of the molecule is CC1(C)Oc2cc(CCC(=O)O)cc(O)c2C2C=C(CO)CCC21. The summed E-state index contributed by atoms with van der Waals surface area (Å²) >= 11 is 0.